The number of hydrogen-bond donors (Lipinski definition) is 1. The van der Waals surface area contributed by atoms with E-state index in [-0.39, 0.29) is 0 Å². The Morgan fingerprint density at radius 1 is 1.00 bits per heavy atom. The van der Waals surface area contributed by atoms with Gasteiger partial charge in [0.05, 0.1) is 0 Å². The first-order valence-corrected chi connectivity index (χ1v) is 8.50. The summed E-state index contributed by atoms with van der Waals surface area (Å²) in [5.41, 5.74) is 1.27. The molecule has 2 aliphatic rings. The maximum absolute atomic E-state index is 3.67. The van der Waals surface area contributed by atoms with Crippen LogP contribution in [0.2, 0.25) is 0 Å². The zero-order valence-corrected chi connectivity index (χ0v) is 13.2. The third-order valence-electron chi connectivity index (χ3n) is 5.26. The maximum Gasteiger partial charge on any atom is 0.0346 e. The molecule has 2 saturated carbocycles. The molecular formula is C18H20BrN. The summed E-state index contributed by atoms with van der Waals surface area (Å²) in [6.45, 7) is 1.16. The molecule has 0 saturated heterocycles. The Hall–Kier alpha value is -1.02. The number of nitrogens with one attached hydrogen (secondary N) is 1. The van der Waals surface area contributed by atoms with E-state index in [1.54, 1.807) is 0 Å². The molecule has 4 rings (SSSR count). The van der Waals surface area contributed by atoms with Gasteiger partial charge in [0.15, 0.2) is 0 Å². The zero-order valence-electron chi connectivity index (χ0n) is 11.6. The van der Waals surface area contributed by atoms with Gasteiger partial charge in [-0.2, -0.15) is 0 Å². The lowest BCUT2D eigenvalue weighted by Crippen LogP contribution is -2.20. The van der Waals surface area contributed by atoms with Gasteiger partial charge in [0.1, 0.15) is 0 Å². The van der Waals surface area contributed by atoms with Crippen LogP contribution in [0.5, 0.6) is 0 Å². The lowest BCUT2D eigenvalue weighted by Gasteiger charge is -2.22. The van der Waals surface area contributed by atoms with Crippen LogP contribution in [0.15, 0.2) is 40.9 Å². The topological polar surface area (TPSA) is 12.0 Å². The first-order chi connectivity index (χ1) is 9.78. The van der Waals surface area contributed by atoms with Crippen molar-refractivity contribution in [2.45, 2.75) is 25.7 Å². The van der Waals surface area contributed by atoms with E-state index in [0.717, 1.165) is 28.8 Å². The van der Waals surface area contributed by atoms with Gasteiger partial charge in [-0.15, -0.1) is 0 Å². The van der Waals surface area contributed by atoms with Crippen LogP contribution in [0.25, 0.3) is 10.8 Å². The molecule has 2 aromatic carbocycles. The number of fused-ring (bicyclic) bond motifs is 3. The molecule has 0 aliphatic heterocycles. The van der Waals surface area contributed by atoms with Crippen molar-refractivity contribution >= 4 is 32.4 Å². The van der Waals surface area contributed by atoms with E-state index in [4.69, 9.17) is 0 Å². The fraction of sp³-hybridized carbons (Fsp3) is 0.444. The second-order valence-corrected chi connectivity index (χ2v) is 7.44. The smallest absolute Gasteiger partial charge is 0.0346 e. The van der Waals surface area contributed by atoms with Gasteiger partial charge >= 0.3 is 0 Å². The minimum absolute atomic E-state index is 0.911. The van der Waals surface area contributed by atoms with Gasteiger partial charge in [0, 0.05) is 16.7 Å². The van der Waals surface area contributed by atoms with E-state index < -0.39 is 0 Å². The molecule has 0 radical (unpaired) electrons. The standard InChI is InChI=1S/C18H20BrN/c19-17-5-3-15-10-18(6-4-14(15)9-17)20-11-16-8-12-1-2-13(16)7-12/h3-6,9-10,12-13,16,20H,1-2,7-8,11H2. The average molecular weight is 330 g/mol. The Morgan fingerprint density at radius 2 is 1.85 bits per heavy atom. The number of anilines is 1. The SMILES string of the molecule is Brc1ccc2cc(NCC3CC4CCC3C4)ccc2c1. The third kappa shape index (κ3) is 2.35. The van der Waals surface area contributed by atoms with Gasteiger partial charge in [-0.25, -0.2) is 0 Å². The van der Waals surface area contributed by atoms with Crippen LogP contribution < -0.4 is 5.32 Å². The van der Waals surface area contributed by atoms with Crippen molar-refractivity contribution in [1.82, 2.24) is 0 Å². The van der Waals surface area contributed by atoms with E-state index in [0.29, 0.717) is 0 Å². The van der Waals surface area contributed by atoms with Crippen LogP contribution in [0.1, 0.15) is 25.7 Å². The fourth-order valence-electron chi connectivity index (χ4n) is 4.20. The molecule has 2 bridgehead atoms. The predicted octanol–water partition coefficient (Wildman–Crippen LogP) is 5.45. The van der Waals surface area contributed by atoms with Crippen molar-refractivity contribution in [1.29, 1.82) is 0 Å². The first-order valence-electron chi connectivity index (χ1n) is 7.71. The van der Waals surface area contributed by atoms with Crippen molar-refractivity contribution in [3.63, 3.8) is 0 Å². The van der Waals surface area contributed by atoms with Gasteiger partial charge in [-0.05, 0) is 72.1 Å². The molecule has 0 heterocycles. The molecule has 104 valence electrons. The Labute approximate surface area is 128 Å². The van der Waals surface area contributed by atoms with Crippen LogP contribution in [0.3, 0.4) is 0 Å². The zero-order chi connectivity index (χ0) is 13.5. The summed E-state index contributed by atoms with van der Waals surface area (Å²) in [6, 6.07) is 13.2. The molecule has 2 aliphatic carbocycles. The Kier molecular flexibility index (Phi) is 3.22. The summed E-state index contributed by atoms with van der Waals surface area (Å²) in [4.78, 5) is 0. The highest BCUT2D eigenvalue weighted by molar-refractivity contribution is 9.10. The van der Waals surface area contributed by atoms with Crippen molar-refractivity contribution < 1.29 is 0 Å². The van der Waals surface area contributed by atoms with Gasteiger partial charge in [0.25, 0.3) is 0 Å². The highest BCUT2D eigenvalue weighted by Crippen LogP contribution is 2.48. The van der Waals surface area contributed by atoms with E-state index in [1.807, 2.05) is 0 Å². The monoisotopic (exact) mass is 329 g/mol. The van der Waals surface area contributed by atoms with Crippen molar-refractivity contribution in [3.05, 3.63) is 40.9 Å². The van der Waals surface area contributed by atoms with Crippen LogP contribution in [-0.4, -0.2) is 6.54 Å². The van der Waals surface area contributed by atoms with E-state index in [1.165, 1.54) is 42.1 Å². The largest absolute Gasteiger partial charge is 0.385 e. The summed E-state index contributed by atoms with van der Waals surface area (Å²) in [7, 11) is 0. The van der Waals surface area contributed by atoms with E-state index in [9.17, 15) is 0 Å². The molecule has 2 heteroatoms. The van der Waals surface area contributed by atoms with Gasteiger partial charge in [0.2, 0.25) is 0 Å². The summed E-state index contributed by atoms with van der Waals surface area (Å²) < 4.78 is 1.15. The quantitative estimate of drug-likeness (QED) is 0.789. The first kappa shape index (κ1) is 12.7. The Morgan fingerprint density at radius 3 is 2.65 bits per heavy atom. The molecule has 3 unspecified atom stereocenters. The summed E-state index contributed by atoms with van der Waals surface area (Å²) in [6.07, 6.45) is 5.92. The Balaban J connectivity index is 1.47. The number of halogens is 1. The normalized spacial score (nSPS) is 28.1. The average Bonchev–Trinajstić information content (AvgIpc) is 3.07. The summed E-state index contributed by atoms with van der Waals surface area (Å²) in [5.74, 6) is 2.96. The number of rotatable bonds is 3. The van der Waals surface area contributed by atoms with Gasteiger partial charge in [-0.3, -0.25) is 0 Å². The van der Waals surface area contributed by atoms with E-state index in [2.05, 4.69) is 57.6 Å². The van der Waals surface area contributed by atoms with Crippen LogP contribution in [-0.2, 0) is 0 Å². The Bertz CT molecular complexity index is 636. The second kappa shape index (κ2) is 5.07. The maximum atomic E-state index is 3.67. The molecule has 2 aromatic rings. The van der Waals surface area contributed by atoms with Crippen LogP contribution in [0.4, 0.5) is 5.69 Å². The van der Waals surface area contributed by atoms with Crippen LogP contribution in [0, 0.1) is 17.8 Å². The minimum atomic E-state index is 0.911. The van der Waals surface area contributed by atoms with Crippen LogP contribution >= 0.6 is 15.9 Å². The van der Waals surface area contributed by atoms with Gasteiger partial charge in [-0.1, -0.05) is 34.5 Å². The highest BCUT2D eigenvalue weighted by Gasteiger charge is 2.38. The third-order valence-corrected chi connectivity index (χ3v) is 5.75. The molecular weight excluding hydrogens is 310 g/mol. The van der Waals surface area contributed by atoms with Crippen molar-refractivity contribution in [2.24, 2.45) is 17.8 Å². The lowest BCUT2D eigenvalue weighted by atomic mass is 9.89. The van der Waals surface area contributed by atoms with Crippen molar-refractivity contribution in [2.75, 3.05) is 11.9 Å². The molecule has 0 aromatic heterocycles. The molecule has 1 N–H and O–H groups in total. The fourth-order valence-corrected chi connectivity index (χ4v) is 4.58. The lowest BCUT2D eigenvalue weighted by molar-refractivity contribution is 0.348. The molecule has 20 heavy (non-hydrogen) atoms. The van der Waals surface area contributed by atoms with Gasteiger partial charge < -0.3 is 5.32 Å². The number of hydrogen-bond acceptors (Lipinski definition) is 1. The summed E-state index contributed by atoms with van der Waals surface area (Å²) >= 11 is 3.53. The molecule has 0 spiro atoms. The number of benzene rings is 2. The molecule has 0 amide bonds. The van der Waals surface area contributed by atoms with E-state index >= 15 is 0 Å². The van der Waals surface area contributed by atoms with Crippen molar-refractivity contribution in [3.8, 4) is 0 Å². The predicted molar refractivity (Wildman–Crippen MR) is 89.1 cm³/mol. The highest BCUT2D eigenvalue weighted by atomic mass is 79.9. The molecule has 3 atom stereocenters. The summed E-state index contributed by atoms with van der Waals surface area (Å²) in [5, 5.41) is 6.27. The molecule has 1 nitrogen and oxygen atoms in total. The second-order valence-electron chi connectivity index (χ2n) is 6.52. The minimum Gasteiger partial charge on any atom is -0.385 e. The molecule has 2 fully saturated rings.